The van der Waals surface area contributed by atoms with Gasteiger partial charge in [0, 0.05) is 17.0 Å². The van der Waals surface area contributed by atoms with E-state index in [1.807, 2.05) is 48.7 Å². The molecule has 1 saturated carbocycles. The lowest BCUT2D eigenvalue weighted by molar-refractivity contribution is 0.0302. The molecule has 0 aliphatic heterocycles. The van der Waals surface area contributed by atoms with Crippen LogP contribution in [0.2, 0.25) is 0 Å². The molecule has 7 nitrogen and oxygen atoms in total. The van der Waals surface area contributed by atoms with Crippen LogP contribution in [-0.4, -0.2) is 38.1 Å². The van der Waals surface area contributed by atoms with E-state index in [1.165, 1.54) is 0 Å². The Hall–Kier alpha value is -3.29. The molecule has 3 aromatic heterocycles. The van der Waals surface area contributed by atoms with Crippen LogP contribution in [0.3, 0.4) is 0 Å². The van der Waals surface area contributed by atoms with Gasteiger partial charge in [-0.15, -0.1) is 0 Å². The van der Waals surface area contributed by atoms with E-state index >= 15 is 0 Å². The Morgan fingerprint density at radius 2 is 1.93 bits per heavy atom. The summed E-state index contributed by atoms with van der Waals surface area (Å²) in [5.74, 6) is 1.51. The molecule has 0 amide bonds. The van der Waals surface area contributed by atoms with Gasteiger partial charge in [0.25, 0.3) is 0 Å². The van der Waals surface area contributed by atoms with Gasteiger partial charge in [0.2, 0.25) is 5.88 Å². The number of ether oxygens (including phenoxy) is 1. The first kappa shape index (κ1) is 18.7. The number of rotatable bonds is 5. The van der Waals surface area contributed by atoms with E-state index in [0.717, 1.165) is 40.7 Å². The fraction of sp³-hybridized carbons (Fsp3) is 0.261. The van der Waals surface area contributed by atoms with Gasteiger partial charge in [-0.2, -0.15) is 10.1 Å². The number of methoxy groups -OCH3 is 1. The Morgan fingerprint density at radius 1 is 1.10 bits per heavy atom. The smallest absolute Gasteiger partial charge is 0.214 e. The molecule has 0 radical (unpaired) electrons. The van der Waals surface area contributed by atoms with Crippen molar-refractivity contribution < 1.29 is 9.84 Å². The Bertz CT molecular complexity index is 1200. The molecular weight excluding hydrogens is 378 g/mol. The monoisotopic (exact) mass is 401 g/mol. The van der Waals surface area contributed by atoms with Gasteiger partial charge in [0.15, 0.2) is 5.82 Å². The van der Waals surface area contributed by atoms with Gasteiger partial charge in [-0.3, -0.25) is 4.98 Å². The SMILES string of the molecule is COc1cccc(-n2ncc3ccc(-c4cccc([C@@H](N)C5CC(O)C5)n4)cc32)n1. The fourth-order valence-corrected chi connectivity index (χ4v) is 3.96. The summed E-state index contributed by atoms with van der Waals surface area (Å²) in [6, 6.07) is 17.5. The van der Waals surface area contributed by atoms with Gasteiger partial charge in [0.05, 0.1) is 42.4 Å². The van der Waals surface area contributed by atoms with E-state index in [-0.39, 0.29) is 18.1 Å². The van der Waals surface area contributed by atoms with E-state index in [2.05, 4.69) is 16.1 Å². The topological polar surface area (TPSA) is 99.1 Å². The molecular formula is C23H23N5O2. The zero-order valence-electron chi connectivity index (χ0n) is 16.6. The number of hydrogen-bond donors (Lipinski definition) is 2. The van der Waals surface area contributed by atoms with Crippen LogP contribution < -0.4 is 10.5 Å². The van der Waals surface area contributed by atoms with Crippen molar-refractivity contribution in [2.45, 2.75) is 25.0 Å². The van der Waals surface area contributed by atoms with E-state index < -0.39 is 0 Å². The molecule has 1 aliphatic rings. The van der Waals surface area contributed by atoms with Gasteiger partial charge in [-0.05, 0) is 43.0 Å². The normalized spacial score (nSPS) is 19.4. The van der Waals surface area contributed by atoms with Crippen LogP contribution in [0.25, 0.3) is 28.0 Å². The van der Waals surface area contributed by atoms with Crippen molar-refractivity contribution in [2.75, 3.05) is 7.11 Å². The third-order valence-corrected chi connectivity index (χ3v) is 5.77. The maximum atomic E-state index is 9.58. The van der Waals surface area contributed by atoms with Crippen LogP contribution in [0.4, 0.5) is 0 Å². The molecule has 3 heterocycles. The van der Waals surface area contributed by atoms with Gasteiger partial charge in [-0.25, -0.2) is 4.68 Å². The zero-order valence-corrected chi connectivity index (χ0v) is 16.6. The number of nitrogens with zero attached hydrogens (tertiary/aromatic N) is 4. The van der Waals surface area contributed by atoms with Crippen molar-refractivity contribution in [3.63, 3.8) is 0 Å². The Labute approximate surface area is 174 Å². The maximum Gasteiger partial charge on any atom is 0.214 e. The van der Waals surface area contributed by atoms with Gasteiger partial charge in [-0.1, -0.05) is 24.3 Å². The van der Waals surface area contributed by atoms with Crippen molar-refractivity contribution in [2.24, 2.45) is 11.7 Å². The molecule has 7 heteroatoms. The summed E-state index contributed by atoms with van der Waals surface area (Å²) < 4.78 is 7.04. The number of fused-ring (bicyclic) bond motifs is 1. The largest absolute Gasteiger partial charge is 0.481 e. The first-order valence-electron chi connectivity index (χ1n) is 10.0. The number of nitrogens with two attached hydrogens (primary N) is 1. The number of pyridine rings is 2. The van der Waals surface area contributed by atoms with Gasteiger partial charge in [0.1, 0.15) is 0 Å². The lowest BCUT2D eigenvalue weighted by Gasteiger charge is -2.35. The van der Waals surface area contributed by atoms with Crippen molar-refractivity contribution in [3.05, 3.63) is 66.5 Å². The number of aliphatic hydroxyl groups is 1. The van der Waals surface area contributed by atoms with Crippen LogP contribution in [0.5, 0.6) is 5.88 Å². The summed E-state index contributed by atoms with van der Waals surface area (Å²) in [6.45, 7) is 0. The van der Waals surface area contributed by atoms with Crippen LogP contribution in [0, 0.1) is 5.92 Å². The number of benzene rings is 1. The number of aromatic nitrogens is 4. The minimum atomic E-state index is -0.225. The minimum Gasteiger partial charge on any atom is -0.481 e. The molecule has 3 N–H and O–H groups in total. The van der Waals surface area contributed by atoms with Crippen molar-refractivity contribution >= 4 is 10.9 Å². The highest BCUT2D eigenvalue weighted by Crippen LogP contribution is 2.36. The quantitative estimate of drug-likeness (QED) is 0.533. The van der Waals surface area contributed by atoms with Crippen molar-refractivity contribution in [3.8, 4) is 23.0 Å². The standard InChI is InChI=1S/C23H23N5O2/c1-30-22-7-3-6-21(27-22)28-20-12-14(8-9-15(20)13-25-28)18-4-2-5-19(26-18)23(24)16-10-17(29)11-16/h2-9,12-13,16-17,23,29H,10-11,24H2,1H3/t16?,17?,23-/m0/s1. The van der Waals surface area contributed by atoms with Crippen LogP contribution in [-0.2, 0) is 0 Å². The molecule has 0 saturated heterocycles. The third kappa shape index (κ3) is 3.32. The maximum absolute atomic E-state index is 9.58. The third-order valence-electron chi connectivity index (χ3n) is 5.77. The first-order chi connectivity index (χ1) is 14.6. The number of aliphatic hydroxyl groups excluding tert-OH is 1. The van der Waals surface area contributed by atoms with Gasteiger partial charge >= 0.3 is 0 Å². The summed E-state index contributed by atoms with van der Waals surface area (Å²) in [6.07, 6.45) is 3.08. The van der Waals surface area contributed by atoms with Crippen LogP contribution in [0.1, 0.15) is 24.6 Å². The lowest BCUT2D eigenvalue weighted by Crippen LogP contribution is -2.36. The Morgan fingerprint density at radius 3 is 2.73 bits per heavy atom. The van der Waals surface area contributed by atoms with E-state index in [1.54, 1.807) is 17.9 Å². The van der Waals surface area contributed by atoms with Crippen LogP contribution in [0.15, 0.2) is 60.8 Å². The molecule has 5 rings (SSSR count). The van der Waals surface area contributed by atoms with E-state index in [9.17, 15) is 5.11 Å². The molecule has 0 spiro atoms. The summed E-state index contributed by atoms with van der Waals surface area (Å²) in [7, 11) is 1.60. The molecule has 1 aromatic carbocycles. The number of hydrogen-bond acceptors (Lipinski definition) is 6. The van der Waals surface area contributed by atoms with Gasteiger partial charge < -0.3 is 15.6 Å². The molecule has 152 valence electrons. The predicted molar refractivity (Wildman–Crippen MR) is 114 cm³/mol. The van der Waals surface area contributed by atoms with Crippen molar-refractivity contribution in [1.82, 2.24) is 19.7 Å². The van der Waals surface area contributed by atoms with E-state index in [4.69, 9.17) is 15.5 Å². The second kappa shape index (κ2) is 7.51. The molecule has 0 unspecified atom stereocenters. The second-order valence-corrected chi connectivity index (χ2v) is 7.73. The zero-order chi connectivity index (χ0) is 20.7. The lowest BCUT2D eigenvalue weighted by atomic mass is 9.76. The molecule has 0 bridgehead atoms. The molecule has 1 fully saturated rings. The minimum absolute atomic E-state index is 0.163. The van der Waals surface area contributed by atoms with Crippen molar-refractivity contribution in [1.29, 1.82) is 0 Å². The van der Waals surface area contributed by atoms with Crippen LogP contribution >= 0.6 is 0 Å². The van der Waals surface area contributed by atoms with E-state index in [0.29, 0.717) is 11.7 Å². The highest BCUT2D eigenvalue weighted by molar-refractivity contribution is 5.84. The average Bonchev–Trinajstić information content (AvgIpc) is 3.20. The fourth-order valence-electron chi connectivity index (χ4n) is 3.96. The summed E-state index contributed by atoms with van der Waals surface area (Å²) in [5.41, 5.74) is 10.0. The molecule has 1 atom stereocenters. The Balaban J connectivity index is 1.52. The highest BCUT2D eigenvalue weighted by atomic mass is 16.5. The predicted octanol–water partition coefficient (Wildman–Crippen LogP) is 3.26. The average molecular weight is 401 g/mol. The molecule has 1 aliphatic carbocycles. The first-order valence-corrected chi connectivity index (χ1v) is 10.0. The highest BCUT2D eigenvalue weighted by Gasteiger charge is 2.33. The Kier molecular flexibility index (Phi) is 4.69. The molecule has 30 heavy (non-hydrogen) atoms. The summed E-state index contributed by atoms with van der Waals surface area (Å²) in [5, 5.41) is 15.1. The summed E-state index contributed by atoms with van der Waals surface area (Å²) in [4.78, 5) is 9.31. The second-order valence-electron chi connectivity index (χ2n) is 7.73. The molecule has 4 aromatic rings. The summed E-state index contributed by atoms with van der Waals surface area (Å²) >= 11 is 0.